The van der Waals surface area contributed by atoms with Crippen LogP contribution >= 0.6 is 0 Å². The molecule has 3 rings (SSSR count). The van der Waals surface area contributed by atoms with E-state index in [1.165, 1.54) is 6.20 Å². The van der Waals surface area contributed by atoms with Crippen molar-refractivity contribution in [3.8, 4) is 0 Å². The van der Waals surface area contributed by atoms with Crippen molar-refractivity contribution in [2.75, 3.05) is 11.1 Å². The van der Waals surface area contributed by atoms with Crippen molar-refractivity contribution in [3.05, 3.63) is 59.9 Å². The van der Waals surface area contributed by atoms with Crippen molar-refractivity contribution < 1.29 is 4.79 Å². The second kappa shape index (κ2) is 5.20. The topological polar surface area (TPSA) is 80.9 Å². The lowest BCUT2D eigenvalue weighted by Gasteiger charge is -2.08. The minimum absolute atomic E-state index is 0.214. The summed E-state index contributed by atoms with van der Waals surface area (Å²) in [6.45, 7) is 1.87. The molecule has 104 valence electrons. The number of pyridine rings is 2. The fourth-order valence-electron chi connectivity index (χ4n) is 2.16. The smallest absolute Gasteiger partial charge is 0.257 e. The van der Waals surface area contributed by atoms with E-state index in [1.54, 1.807) is 18.2 Å². The maximum atomic E-state index is 12.5. The van der Waals surface area contributed by atoms with Gasteiger partial charge in [0, 0.05) is 11.1 Å². The van der Waals surface area contributed by atoms with Crippen LogP contribution in [-0.4, -0.2) is 15.9 Å². The van der Waals surface area contributed by atoms with Crippen LogP contribution in [0.2, 0.25) is 0 Å². The van der Waals surface area contributed by atoms with E-state index in [0.717, 1.165) is 16.6 Å². The van der Waals surface area contributed by atoms with Gasteiger partial charge in [-0.3, -0.25) is 9.78 Å². The van der Waals surface area contributed by atoms with Gasteiger partial charge in [0.05, 0.1) is 23.0 Å². The monoisotopic (exact) mass is 278 g/mol. The Labute approximate surface area is 121 Å². The minimum Gasteiger partial charge on any atom is -0.397 e. The van der Waals surface area contributed by atoms with Crippen LogP contribution in [0.15, 0.2) is 48.7 Å². The summed E-state index contributed by atoms with van der Waals surface area (Å²) in [7, 11) is 0. The van der Waals surface area contributed by atoms with Crippen molar-refractivity contribution in [2.24, 2.45) is 0 Å². The van der Waals surface area contributed by atoms with Gasteiger partial charge in [0.25, 0.3) is 5.91 Å². The first-order valence-corrected chi connectivity index (χ1v) is 6.53. The van der Waals surface area contributed by atoms with Crippen LogP contribution in [0.1, 0.15) is 16.1 Å². The van der Waals surface area contributed by atoms with Crippen molar-refractivity contribution in [2.45, 2.75) is 6.92 Å². The number of carbonyl (C=O) groups excluding carboxylic acids is 1. The number of hydrogen-bond acceptors (Lipinski definition) is 4. The number of fused-ring (bicyclic) bond motifs is 1. The lowest BCUT2D eigenvalue weighted by Crippen LogP contribution is -2.14. The number of rotatable bonds is 2. The van der Waals surface area contributed by atoms with Crippen LogP contribution in [0.5, 0.6) is 0 Å². The SMILES string of the molecule is Cc1cc(C(=O)Nc2ccc(N)cn2)c2ccccc2n1. The Kier molecular flexibility index (Phi) is 3.23. The molecule has 0 saturated carbocycles. The third-order valence-corrected chi connectivity index (χ3v) is 3.12. The molecule has 0 radical (unpaired) electrons. The predicted molar refractivity (Wildman–Crippen MR) is 83.1 cm³/mol. The molecule has 0 atom stereocenters. The van der Waals surface area contributed by atoms with Crippen molar-refractivity contribution in [1.82, 2.24) is 9.97 Å². The average Bonchev–Trinajstić information content (AvgIpc) is 2.48. The molecule has 21 heavy (non-hydrogen) atoms. The third-order valence-electron chi connectivity index (χ3n) is 3.12. The van der Waals surface area contributed by atoms with Crippen LogP contribution in [-0.2, 0) is 0 Å². The molecule has 0 aliphatic rings. The largest absolute Gasteiger partial charge is 0.397 e. The number of aromatic nitrogens is 2. The number of nitrogen functional groups attached to an aromatic ring is 1. The van der Waals surface area contributed by atoms with E-state index in [-0.39, 0.29) is 5.91 Å². The van der Waals surface area contributed by atoms with Crippen LogP contribution in [0.3, 0.4) is 0 Å². The molecule has 1 aromatic carbocycles. The number of aryl methyl sites for hydroxylation is 1. The predicted octanol–water partition coefficient (Wildman–Crippen LogP) is 2.77. The lowest BCUT2D eigenvalue weighted by molar-refractivity contribution is 0.102. The Morgan fingerprint density at radius 2 is 2.00 bits per heavy atom. The van der Waals surface area contributed by atoms with Crippen molar-refractivity contribution in [1.29, 1.82) is 0 Å². The Bertz CT molecular complexity index is 812. The number of para-hydroxylation sites is 1. The van der Waals surface area contributed by atoms with Gasteiger partial charge in [0.1, 0.15) is 5.82 Å². The molecule has 0 fully saturated rings. The van der Waals surface area contributed by atoms with Gasteiger partial charge in [-0.1, -0.05) is 18.2 Å². The lowest BCUT2D eigenvalue weighted by atomic mass is 10.1. The second-order valence-corrected chi connectivity index (χ2v) is 4.76. The number of amides is 1. The summed E-state index contributed by atoms with van der Waals surface area (Å²) in [4.78, 5) is 21.0. The van der Waals surface area contributed by atoms with Gasteiger partial charge in [-0.05, 0) is 31.2 Å². The van der Waals surface area contributed by atoms with Gasteiger partial charge < -0.3 is 11.1 Å². The first-order chi connectivity index (χ1) is 10.1. The fraction of sp³-hybridized carbons (Fsp3) is 0.0625. The molecule has 1 amide bonds. The highest BCUT2D eigenvalue weighted by Gasteiger charge is 2.12. The quantitative estimate of drug-likeness (QED) is 0.755. The molecule has 0 bridgehead atoms. The summed E-state index contributed by atoms with van der Waals surface area (Å²) in [5.41, 5.74) is 8.31. The van der Waals surface area contributed by atoms with E-state index in [2.05, 4.69) is 15.3 Å². The number of anilines is 2. The number of nitrogens with two attached hydrogens (primary N) is 1. The Balaban J connectivity index is 1.99. The molecule has 0 saturated heterocycles. The number of carbonyl (C=O) groups is 1. The van der Waals surface area contributed by atoms with E-state index >= 15 is 0 Å². The number of hydrogen-bond donors (Lipinski definition) is 2. The molecule has 3 N–H and O–H groups in total. The normalized spacial score (nSPS) is 10.5. The molecule has 5 heteroatoms. The molecule has 0 aliphatic carbocycles. The third kappa shape index (κ3) is 2.67. The Morgan fingerprint density at radius 3 is 2.76 bits per heavy atom. The Morgan fingerprint density at radius 1 is 1.19 bits per heavy atom. The highest BCUT2D eigenvalue weighted by molar-refractivity contribution is 6.12. The van der Waals surface area contributed by atoms with Gasteiger partial charge >= 0.3 is 0 Å². The standard InChI is InChI=1S/C16H14N4O/c1-10-8-13(12-4-2-3-5-14(12)19-10)16(21)20-15-7-6-11(17)9-18-15/h2-9H,17H2,1H3,(H,18,20,21). The first-order valence-electron chi connectivity index (χ1n) is 6.53. The molecule has 0 spiro atoms. The molecule has 0 aliphatic heterocycles. The fourth-order valence-corrected chi connectivity index (χ4v) is 2.16. The second-order valence-electron chi connectivity index (χ2n) is 4.76. The van der Waals surface area contributed by atoms with Crippen LogP contribution in [0.25, 0.3) is 10.9 Å². The maximum absolute atomic E-state index is 12.5. The van der Waals surface area contributed by atoms with E-state index in [1.807, 2.05) is 31.2 Å². The average molecular weight is 278 g/mol. The Hall–Kier alpha value is -2.95. The number of nitrogens with zero attached hydrogens (tertiary/aromatic N) is 2. The van der Waals surface area contributed by atoms with Crippen LogP contribution in [0, 0.1) is 6.92 Å². The van der Waals surface area contributed by atoms with Crippen molar-refractivity contribution in [3.63, 3.8) is 0 Å². The summed E-state index contributed by atoms with van der Waals surface area (Å²) in [5.74, 6) is 0.252. The van der Waals surface area contributed by atoms with Crippen LogP contribution in [0.4, 0.5) is 11.5 Å². The molecular weight excluding hydrogens is 264 g/mol. The summed E-state index contributed by atoms with van der Waals surface area (Å²) in [5, 5.41) is 3.59. The van der Waals surface area contributed by atoms with Gasteiger partial charge in [-0.2, -0.15) is 0 Å². The van der Waals surface area contributed by atoms with Gasteiger partial charge in [-0.25, -0.2) is 4.98 Å². The molecule has 2 heterocycles. The molecule has 5 nitrogen and oxygen atoms in total. The van der Waals surface area contributed by atoms with E-state index < -0.39 is 0 Å². The van der Waals surface area contributed by atoms with Crippen molar-refractivity contribution >= 4 is 28.3 Å². The summed E-state index contributed by atoms with van der Waals surface area (Å²) < 4.78 is 0. The zero-order chi connectivity index (χ0) is 14.8. The molecule has 2 aromatic heterocycles. The van der Waals surface area contributed by atoms with E-state index in [9.17, 15) is 4.79 Å². The van der Waals surface area contributed by atoms with Gasteiger partial charge in [-0.15, -0.1) is 0 Å². The zero-order valence-electron chi connectivity index (χ0n) is 11.5. The van der Waals surface area contributed by atoms with Gasteiger partial charge in [0.15, 0.2) is 0 Å². The van der Waals surface area contributed by atoms with E-state index in [0.29, 0.717) is 17.1 Å². The maximum Gasteiger partial charge on any atom is 0.257 e. The highest BCUT2D eigenvalue weighted by Crippen LogP contribution is 2.19. The zero-order valence-corrected chi connectivity index (χ0v) is 11.5. The highest BCUT2D eigenvalue weighted by atomic mass is 16.1. The minimum atomic E-state index is -0.214. The molecular formula is C16H14N4O. The number of benzene rings is 1. The number of nitrogens with one attached hydrogen (secondary N) is 1. The first kappa shape index (κ1) is 13.1. The summed E-state index contributed by atoms with van der Waals surface area (Å²) in [6.07, 6.45) is 1.51. The molecule has 3 aromatic rings. The van der Waals surface area contributed by atoms with Gasteiger partial charge in [0.2, 0.25) is 0 Å². The summed E-state index contributed by atoms with van der Waals surface area (Å²) in [6, 6.07) is 12.7. The van der Waals surface area contributed by atoms with Crippen LogP contribution < -0.4 is 11.1 Å². The molecule has 0 unspecified atom stereocenters. The summed E-state index contributed by atoms with van der Waals surface area (Å²) >= 11 is 0. The van der Waals surface area contributed by atoms with E-state index in [4.69, 9.17) is 5.73 Å².